The number of fused-ring (bicyclic) bond motifs is 1. The number of carbonyl (C=O) groups is 2. The van der Waals surface area contributed by atoms with Gasteiger partial charge in [-0.2, -0.15) is 0 Å². The van der Waals surface area contributed by atoms with Crippen LogP contribution < -0.4 is 14.2 Å². The molecule has 0 unspecified atom stereocenters. The molecular formula is C30H38N2O6. The summed E-state index contributed by atoms with van der Waals surface area (Å²) in [6, 6.07) is 10.1. The van der Waals surface area contributed by atoms with Gasteiger partial charge in [-0.1, -0.05) is 19.4 Å². The number of aliphatic hydroxyl groups excluding tert-OH is 1. The van der Waals surface area contributed by atoms with E-state index in [1.807, 2.05) is 44.1 Å². The number of ether oxygens (including phenoxy) is 3. The third kappa shape index (κ3) is 5.65. The van der Waals surface area contributed by atoms with Crippen LogP contribution in [0.1, 0.15) is 55.8 Å². The van der Waals surface area contributed by atoms with Gasteiger partial charge in [0.1, 0.15) is 17.6 Å². The molecule has 2 heterocycles. The van der Waals surface area contributed by atoms with Gasteiger partial charge in [-0.05, 0) is 81.9 Å². The molecule has 1 fully saturated rings. The quantitative estimate of drug-likeness (QED) is 0.200. The molecule has 0 aromatic heterocycles. The van der Waals surface area contributed by atoms with Crippen molar-refractivity contribution in [3.63, 3.8) is 0 Å². The molecule has 4 rings (SSSR count). The minimum atomic E-state index is -0.751. The largest absolute Gasteiger partial charge is 0.507 e. The molecular weight excluding hydrogens is 484 g/mol. The summed E-state index contributed by atoms with van der Waals surface area (Å²) in [4.78, 5) is 30.3. The predicted molar refractivity (Wildman–Crippen MR) is 146 cm³/mol. The summed E-state index contributed by atoms with van der Waals surface area (Å²) in [5, 5.41) is 11.5. The van der Waals surface area contributed by atoms with Crippen molar-refractivity contribution >= 4 is 17.4 Å². The third-order valence-corrected chi connectivity index (χ3v) is 6.97. The summed E-state index contributed by atoms with van der Waals surface area (Å²) in [7, 11) is 5.49. The van der Waals surface area contributed by atoms with E-state index in [0.29, 0.717) is 42.2 Å². The molecule has 0 saturated carbocycles. The molecule has 38 heavy (non-hydrogen) atoms. The molecule has 0 aliphatic carbocycles. The first kappa shape index (κ1) is 27.5. The van der Waals surface area contributed by atoms with Crippen molar-refractivity contribution in [3.8, 4) is 17.2 Å². The highest BCUT2D eigenvalue weighted by molar-refractivity contribution is 6.46. The molecule has 0 spiro atoms. The van der Waals surface area contributed by atoms with Gasteiger partial charge in [0.15, 0.2) is 11.5 Å². The summed E-state index contributed by atoms with van der Waals surface area (Å²) < 4.78 is 17.3. The number of ketones is 1. The number of benzene rings is 2. The zero-order valence-electron chi connectivity index (χ0n) is 23.0. The van der Waals surface area contributed by atoms with Gasteiger partial charge >= 0.3 is 0 Å². The van der Waals surface area contributed by atoms with Gasteiger partial charge in [-0.25, -0.2) is 0 Å². The highest BCUT2D eigenvalue weighted by Gasteiger charge is 2.46. The number of Topliss-reactive ketones (excluding diaryl/α,β-unsaturated/α-hetero) is 1. The Morgan fingerprint density at radius 1 is 1.13 bits per heavy atom. The van der Waals surface area contributed by atoms with E-state index >= 15 is 0 Å². The SMILES string of the molecule is CCCCOc1ccc([C@H]2C(=C(O)c3ccc4c(c3)C[C@@H](C)O4)C(=O)C(=O)N2CCCN(C)C)cc1OC. The summed E-state index contributed by atoms with van der Waals surface area (Å²) >= 11 is 0. The van der Waals surface area contributed by atoms with E-state index in [0.717, 1.165) is 37.1 Å². The molecule has 2 aliphatic rings. The second-order valence-corrected chi connectivity index (χ2v) is 10.2. The first-order valence-electron chi connectivity index (χ1n) is 13.3. The van der Waals surface area contributed by atoms with Gasteiger partial charge in [0.2, 0.25) is 0 Å². The summed E-state index contributed by atoms with van der Waals surface area (Å²) in [5.41, 5.74) is 2.21. The van der Waals surface area contributed by atoms with Crippen LogP contribution in [0.2, 0.25) is 0 Å². The zero-order chi connectivity index (χ0) is 27.4. The Labute approximate surface area is 224 Å². The molecule has 1 saturated heterocycles. The van der Waals surface area contributed by atoms with Crippen LogP contribution in [0.15, 0.2) is 42.0 Å². The number of likely N-dealkylation sites (tertiary alicyclic amines) is 1. The highest BCUT2D eigenvalue weighted by Crippen LogP contribution is 2.43. The Balaban J connectivity index is 1.77. The van der Waals surface area contributed by atoms with E-state index in [2.05, 4.69) is 6.92 Å². The van der Waals surface area contributed by atoms with Gasteiger partial charge < -0.3 is 29.1 Å². The Kier molecular flexibility index (Phi) is 8.62. The van der Waals surface area contributed by atoms with Gasteiger partial charge in [0, 0.05) is 18.5 Å². The van der Waals surface area contributed by atoms with Crippen LogP contribution in [0.4, 0.5) is 0 Å². The summed E-state index contributed by atoms with van der Waals surface area (Å²) in [6.07, 6.45) is 3.38. The number of amides is 1. The molecule has 8 nitrogen and oxygen atoms in total. The topological polar surface area (TPSA) is 88.5 Å². The monoisotopic (exact) mass is 522 g/mol. The molecule has 1 N–H and O–H groups in total. The zero-order valence-corrected chi connectivity index (χ0v) is 23.0. The van der Waals surface area contributed by atoms with Crippen LogP contribution in [0.25, 0.3) is 5.76 Å². The highest BCUT2D eigenvalue weighted by atomic mass is 16.5. The lowest BCUT2D eigenvalue weighted by Gasteiger charge is -2.26. The van der Waals surface area contributed by atoms with Gasteiger partial charge in [-0.3, -0.25) is 9.59 Å². The molecule has 0 radical (unpaired) electrons. The molecule has 2 aliphatic heterocycles. The molecule has 204 valence electrons. The Morgan fingerprint density at radius 2 is 1.92 bits per heavy atom. The lowest BCUT2D eigenvalue weighted by Crippen LogP contribution is -2.32. The molecule has 2 atom stereocenters. The first-order valence-corrected chi connectivity index (χ1v) is 13.3. The van der Waals surface area contributed by atoms with Gasteiger partial charge in [-0.15, -0.1) is 0 Å². The van der Waals surface area contributed by atoms with E-state index < -0.39 is 17.7 Å². The summed E-state index contributed by atoms with van der Waals surface area (Å²) in [6.45, 7) is 5.78. The Morgan fingerprint density at radius 3 is 2.63 bits per heavy atom. The lowest BCUT2D eigenvalue weighted by molar-refractivity contribution is -0.139. The fourth-order valence-electron chi connectivity index (χ4n) is 5.04. The number of hydrogen-bond donors (Lipinski definition) is 1. The lowest BCUT2D eigenvalue weighted by atomic mass is 9.94. The van der Waals surface area contributed by atoms with E-state index in [4.69, 9.17) is 14.2 Å². The second-order valence-electron chi connectivity index (χ2n) is 10.2. The summed E-state index contributed by atoms with van der Waals surface area (Å²) in [5.74, 6) is 0.398. The van der Waals surface area contributed by atoms with Gasteiger partial charge in [0.25, 0.3) is 11.7 Å². The number of rotatable bonds is 11. The average molecular weight is 523 g/mol. The van der Waals surface area contributed by atoms with E-state index in [1.54, 1.807) is 30.2 Å². The minimum Gasteiger partial charge on any atom is -0.507 e. The number of methoxy groups -OCH3 is 1. The molecule has 1 amide bonds. The van der Waals surface area contributed by atoms with Crippen molar-refractivity contribution < 1.29 is 28.9 Å². The normalized spacial score (nSPS) is 20.1. The Hall–Kier alpha value is -3.52. The van der Waals surface area contributed by atoms with Gasteiger partial charge in [0.05, 0.1) is 25.3 Å². The average Bonchev–Trinajstić information content (AvgIpc) is 3.39. The van der Waals surface area contributed by atoms with Crippen LogP contribution >= 0.6 is 0 Å². The number of unbranched alkanes of at least 4 members (excludes halogenated alkanes) is 1. The van der Waals surface area contributed by atoms with Crippen molar-refractivity contribution in [2.24, 2.45) is 0 Å². The smallest absolute Gasteiger partial charge is 0.295 e. The standard InChI is InChI=1S/C30H38N2O6/c1-6-7-15-37-24-12-9-20(18-25(24)36-5)27-26(29(34)30(35)32(27)14-8-13-31(3)4)28(33)21-10-11-23-22(17-21)16-19(2)38-23/h9-12,17-19,27,33H,6-8,13-16H2,1-5H3/t19-,27+/m1/s1. The number of carbonyl (C=O) groups excluding carboxylic acids is 2. The molecule has 8 heteroatoms. The molecule has 2 aromatic rings. The predicted octanol–water partition coefficient (Wildman–Crippen LogP) is 4.57. The second kappa shape index (κ2) is 11.9. The van der Waals surface area contributed by atoms with Crippen molar-refractivity contribution in [2.75, 3.05) is 40.9 Å². The fraction of sp³-hybridized carbons (Fsp3) is 0.467. The van der Waals surface area contributed by atoms with Crippen LogP contribution in [0.3, 0.4) is 0 Å². The van der Waals surface area contributed by atoms with Crippen molar-refractivity contribution in [1.29, 1.82) is 0 Å². The maximum atomic E-state index is 13.4. The third-order valence-electron chi connectivity index (χ3n) is 6.97. The maximum absolute atomic E-state index is 13.4. The van der Waals surface area contributed by atoms with Crippen LogP contribution in [-0.2, 0) is 16.0 Å². The Bertz CT molecular complexity index is 1220. The number of hydrogen-bond acceptors (Lipinski definition) is 7. The minimum absolute atomic E-state index is 0.0511. The van der Waals surface area contributed by atoms with Crippen molar-refractivity contribution in [2.45, 2.75) is 51.7 Å². The number of aliphatic hydroxyl groups is 1. The van der Waals surface area contributed by atoms with Crippen molar-refractivity contribution in [3.05, 3.63) is 58.7 Å². The maximum Gasteiger partial charge on any atom is 0.295 e. The van der Waals surface area contributed by atoms with Crippen LogP contribution in [-0.4, -0.2) is 73.6 Å². The van der Waals surface area contributed by atoms with Crippen LogP contribution in [0, 0.1) is 0 Å². The fourth-order valence-corrected chi connectivity index (χ4v) is 5.04. The van der Waals surface area contributed by atoms with E-state index in [1.165, 1.54) is 0 Å². The molecule has 2 aromatic carbocycles. The van der Waals surface area contributed by atoms with Crippen molar-refractivity contribution in [1.82, 2.24) is 9.80 Å². The number of nitrogens with zero attached hydrogens (tertiary/aromatic N) is 2. The van der Waals surface area contributed by atoms with E-state index in [9.17, 15) is 14.7 Å². The molecule has 0 bridgehead atoms. The first-order chi connectivity index (χ1) is 18.2. The van der Waals surface area contributed by atoms with E-state index in [-0.39, 0.29) is 17.4 Å². The van der Waals surface area contributed by atoms with Crippen LogP contribution in [0.5, 0.6) is 17.2 Å².